The first kappa shape index (κ1) is 25.2. The molecule has 3 rings (SSSR count). The maximum Gasteiger partial charge on any atom is 0.243 e. The SMILES string of the molecule is CCCCn1c(SCc2cccc(S(=O)(=O)N3CCOCC3)c2)nnc1[C@H](CC)N(C)C. The number of sulfonamides is 1. The summed E-state index contributed by atoms with van der Waals surface area (Å²) in [6.45, 7) is 6.91. The van der Waals surface area contributed by atoms with Crippen molar-refractivity contribution in [2.75, 3.05) is 40.4 Å². The molecule has 1 aromatic heterocycles. The number of hydrogen-bond donors (Lipinski definition) is 0. The van der Waals surface area contributed by atoms with Crippen LogP contribution in [-0.4, -0.2) is 72.8 Å². The molecule has 178 valence electrons. The molecule has 1 fully saturated rings. The van der Waals surface area contributed by atoms with Gasteiger partial charge < -0.3 is 9.30 Å². The van der Waals surface area contributed by atoms with Gasteiger partial charge in [0.25, 0.3) is 0 Å². The number of nitrogens with zero attached hydrogens (tertiary/aromatic N) is 5. The molecule has 1 saturated heterocycles. The van der Waals surface area contributed by atoms with Gasteiger partial charge in [0.1, 0.15) is 0 Å². The Morgan fingerprint density at radius 3 is 2.59 bits per heavy atom. The fourth-order valence-corrected chi connectivity index (χ4v) is 6.23. The Balaban J connectivity index is 1.78. The summed E-state index contributed by atoms with van der Waals surface area (Å²) >= 11 is 1.61. The largest absolute Gasteiger partial charge is 0.379 e. The maximum absolute atomic E-state index is 13.0. The number of benzene rings is 1. The molecule has 0 aliphatic carbocycles. The van der Waals surface area contributed by atoms with E-state index in [1.54, 1.807) is 23.9 Å². The molecule has 8 nitrogen and oxygen atoms in total. The number of unbranched alkanes of at least 4 members (excludes halogenated alkanes) is 1. The molecular weight excluding hydrogens is 446 g/mol. The fraction of sp³-hybridized carbons (Fsp3) is 0.636. The third-order valence-corrected chi connectivity index (χ3v) is 8.60. The lowest BCUT2D eigenvalue weighted by molar-refractivity contribution is 0.0730. The van der Waals surface area contributed by atoms with Gasteiger partial charge in [-0.25, -0.2) is 8.42 Å². The Hall–Kier alpha value is -1.46. The number of hydrogen-bond acceptors (Lipinski definition) is 7. The summed E-state index contributed by atoms with van der Waals surface area (Å²) in [6, 6.07) is 7.45. The first-order valence-electron chi connectivity index (χ1n) is 11.3. The van der Waals surface area contributed by atoms with Gasteiger partial charge in [-0.05, 0) is 44.6 Å². The lowest BCUT2D eigenvalue weighted by atomic mass is 10.2. The van der Waals surface area contributed by atoms with Gasteiger partial charge in [-0.3, -0.25) is 4.90 Å². The van der Waals surface area contributed by atoms with Gasteiger partial charge in [0.2, 0.25) is 10.0 Å². The van der Waals surface area contributed by atoms with Crippen molar-refractivity contribution in [2.24, 2.45) is 0 Å². The molecule has 1 aliphatic heterocycles. The van der Waals surface area contributed by atoms with Crippen LogP contribution in [-0.2, 0) is 27.1 Å². The Morgan fingerprint density at radius 2 is 1.94 bits per heavy atom. The summed E-state index contributed by atoms with van der Waals surface area (Å²) in [4.78, 5) is 2.52. The molecule has 0 spiro atoms. The standard InChI is InChI=1S/C22H35N5O3S2/c1-5-7-11-27-21(20(6-2)25(3)4)23-24-22(27)31-17-18-9-8-10-19(16-18)32(28,29)26-12-14-30-15-13-26/h8-10,16,20H,5-7,11-15,17H2,1-4H3/t20-/m0/s1. The highest BCUT2D eigenvalue weighted by Gasteiger charge is 2.26. The zero-order valence-electron chi connectivity index (χ0n) is 19.5. The lowest BCUT2D eigenvalue weighted by Gasteiger charge is -2.26. The molecular formula is C22H35N5O3S2. The van der Waals surface area contributed by atoms with E-state index < -0.39 is 10.0 Å². The van der Waals surface area contributed by atoms with Crippen molar-refractivity contribution in [3.05, 3.63) is 35.7 Å². The third kappa shape index (κ3) is 5.91. The molecule has 1 aliphatic rings. The minimum atomic E-state index is -3.50. The predicted molar refractivity (Wildman–Crippen MR) is 127 cm³/mol. The number of rotatable bonds is 11. The number of thioether (sulfide) groups is 1. The summed E-state index contributed by atoms with van der Waals surface area (Å²) in [5.41, 5.74) is 0.954. The highest BCUT2D eigenvalue weighted by Crippen LogP contribution is 2.28. The first-order valence-corrected chi connectivity index (χ1v) is 13.7. The van der Waals surface area contributed by atoms with Crippen LogP contribution in [0.4, 0.5) is 0 Å². The second-order valence-corrected chi connectivity index (χ2v) is 11.1. The van der Waals surface area contributed by atoms with Crippen molar-refractivity contribution in [1.82, 2.24) is 24.0 Å². The maximum atomic E-state index is 13.0. The minimum absolute atomic E-state index is 0.218. The van der Waals surface area contributed by atoms with Crippen LogP contribution < -0.4 is 0 Å². The molecule has 0 N–H and O–H groups in total. The first-order chi connectivity index (χ1) is 15.4. The highest BCUT2D eigenvalue weighted by molar-refractivity contribution is 7.98. The van der Waals surface area contributed by atoms with E-state index in [1.807, 2.05) is 12.1 Å². The molecule has 0 amide bonds. The number of ether oxygens (including phenoxy) is 1. The van der Waals surface area contributed by atoms with Crippen LogP contribution in [0.2, 0.25) is 0 Å². The zero-order chi connectivity index (χ0) is 23.1. The number of aromatic nitrogens is 3. The quantitative estimate of drug-likeness (QED) is 0.455. The summed E-state index contributed by atoms with van der Waals surface area (Å²) in [6.07, 6.45) is 3.13. The van der Waals surface area contributed by atoms with E-state index in [1.165, 1.54) is 4.31 Å². The van der Waals surface area contributed by atoms with Gasteiger partial charge in [0.15, 0.2) is 11.0 Å². The van der Waals surface area contributed by atoms with Crippen molar-refractivity contribution >= 4 is 21.8 Å². The zero-order valence-corrected chi connectivity index (χ0v) is 21.2. The lowest BCUT2D eigenvalue weighted by Crippen LogP contribution is -2.40. The molecule has 0 radical (unpaired) electrons. The average molecular weight is 482 g/mol. The predicted octanol–water partition coefficient (Wildman–Crippen LogP) is 3.40. The van der Waals surface area contributed by atoms with E-state index in [9.17, 15) is 8.42 Å². The second kappa shape index (κ2) is 11.6. The van der Waals surface area contributed by atoms with Gasteiger partial charge in [0.05, 0.1) is 24.2 Å². The molecule has 32 heavy (non-hydrogen) atoms. The Kier molecular flexibility index (Phi) is 9.13. The average Bonchev–Trinajstić information content (AvgIpc) is 3.19. The van der Waals surface area contributed by atoms with Gasteiger partial charge in [0, 0.05) is 25.4 Å². The summed E-state index contributed by atoms with van der Waals surface area (Å²) in [5.74, 6) is 1.63. The second-order valence-electron chi connectivity index (χ2n) is 8.19. The van der Waals surface area contributed by atoms with Crippen molar-refractivity contribution < 1.29 is 13.2 Å². The monoisotopic (exact) mass is 481 g/mol. The van der Waals surface area contributed by atoms with Crippen LogP contribution in [0.1, 0.15) is 50.5 Å². The molecule has 10 heteroatoms. The normalized spacial score (nSPS) is 16.5. The molecule has 1 aromatic carbocycles. The van der Waals surface area contributed by atoms with Gasteiger partial charge in [-0.2, -0.15) is 4.31 Å². The van der Waals surface area contributed by atoms with Crippen LogP contribution in [0.15, 0.2) is 34.3 Å². The topological polar surface area (TPSA) is 80.6 Å². The van der Waals surface area contributed by atoms with E-state index in [-0.39, 0.29) is 6.04 Å². The Bertz CT molecular complexity index is 972. The summed E-state index contributed by atoms with van der Waals surface area (Å²) in [7, 11) is 0.637. The number of morpholine rings is 1. The van der Waals surface area contributed by atoms with Gasteiger partial charge in [-0.1, -0.05) is 44.2 Å². The molecule has 0 bridgehead atoms. The minimum Gasteiger partial charge on any atom is -0.379 e. The smallest absolute Gasteiger partial charge is 0.243 e. The molecule has 2 heterocycles. The van der Waals surface area contributed by atoms with Crippen LogP contribution >= 0.6 is 11.8 Å². The van der Waals surface area contributed by atoms with Crippen molar-refractivity contribution in [3.63, 3.8) is 0 Å². The van der Waals surface area contributed by atoms with E-state index in [4.69, 9.17) is 4.74 Å². The van der Waals surface area contributed by atoms with Crippen LogP contribution in [0.5, 0.6) is 0 Å². The van der Waals surface area contributed by atoms with Crippen molar-refractivity contribution in [2.45, 2.75) is 61.5 Å². The molecule has 0 unspecified atom stereocenters. The van der Waals surface area contributed by atoms with Crippen LogP contribution in [0, 0.1) is 0 Å². The molecule has 0 saturated carbocycles. The van der Waals surface area contributed by atoms with Crippen LogP contribution in [0.25, 0.3) is 0 Å². The summed E-state index contributed by atoms with van der Waals surface area (Å²) in [5, 5.41) is 9.90. The van der Waals surface area contributed by atoms with Crippen LogP contribution in [0.3, 0.4) is 0 Å². The van der Waals surface area contributed by atoms with E-state index in [0.717, 1.165) is 42.4 Å². The Morgan fingerprint density at radius 1 is 1.19 bits per heavy atom. The van der Waals surface area contributed by atoms with Crippen molar-refractivity contribution in [3.8, 4) is 0 Å². The fourth-order valence-electron chi connectivity index (χ4n) is 3.84. The van der Waals surface area contributed by atoms with Gasteiger partial charge >= 0.3 is 0 Å². The summed E-state index contributed by atoms with van der Waals surface area (Å²) < 4.78 is 35.0. The van der Waals surface area contributed by atoms with E-state index in [0.29, 0.717) is 37.0 Å². The Labute approximate surface area is 196 Å². The highest BCUT2D eigenvalue weighted by atomic mass is 32.2. The van der Waals surface area contributed by atoms with E-state index >= 15 is 0 Å². The van der Waals surface area contributed by atoms with Gasteiger partial charge in [-0.15, -0.1) is 10.2 Å². The molecule has 2 aromatic rings. The third-order valence-electron chi connectivity index (χ3n) is 5.66. The molecule has 1 atom stereocenters. The van der Waals surface area contributed by atoms with Crippen molar-refractivity contribution in [1.29, 1.82) is 0 Å². The van der Waals surface area contributed by atoms with E-state index in [2.05, 4.69) is 47.6 Å².